The monoisotopic (exact) mass is 647 g/mol. The van der Waals surface area contributed by atoms with Crippen LogP contribution in [-0.2, 0) is 22.3 Å². The predicted molar refractivity (Wildman–Crippen MR) is 172 cm³/mol. The third-order valence-corrected chi connectivity index (χ3v) is 7.37. The van der Waals surface area contributed by atoms with Crippen LogP contribution in [0.2, 0.25) is 0 Å². The molecule has 1 fully saturated rings. The lowest BCUT2D eigenvalue weighted by molar-refractivity contribution is -0.137. The number of methoxy groups -OCH3 is 2. The smallest absolute Gasteiger partial charge is 0.416 e. The van der Waals surface area contributed by atoms with Gasteiger partial charge in [-0.05, 0) is 84.0 Å². The Morgan fingerprint density at radius 3 is 2.30 bits per heavy atom. The average Bonchev–Trinajstić information content (AvgIpc) is 3.28. The maximum atomic E-state index is 13.8. The summed E-state index contributed by atoms with van der Waals surface area (Å²) in [6.07, 6.45) is -2.86. The normalized spacial score (nSPS) is 14.1. The highest BCUT2D eigenvalue weighted by atomic mass is 32.1. The molecule has 1 N–H and O–H groups in total. The molecular weight excluding hydrogens is 619 g/mol. The van der Waals surface area contributed by atoms with Crippen LogP contribution in [-0.4, -0.2) is 42.7 Å². The number of thiocarbonyl (C=S) groups is 1. The first-order valence-corrected chi connectivity index (χ1v) is 14.3. The highest BCUT2D eigenvalue weighted by molar-refractivity contribution is 7.80. The van der Waals surface area contributed by atoms with E-state index in [1.807, 2.05) is 30.3 Å². The second-order valence-electron chi connectivity index (χ2n) is 10.0. The van der Waals surface area contributed by atoms with Gasteiger partial charge in [0.1, 0.15) is 11.4 Å². The van der Waals surface area contributed by atoms with Crippen LogP contribution in [0.25, 0.3) is 6.08 Å². The summed E-state index contributed by atoms with van der Waals surface area (Å²) in [7, 11) is 2.98. The van der Waals surface area contributed by atoms with Gasteiger partial charge in [-0.2, -0.15) is 13.2 Å². The number of hydrogen-bond acceptors (Lipinski definition) is 6. The Kier molecular flexibility index (Phi) is 9.57. The quantitative estimate of drug-likeness (QED) is 0.148. The molecule has 0 aliphatic carbocycles. The van der Waals surface area contributed by atoms with Gasteiger partial charge in [-0.15, -0.1) is 0 Å². The summed E-state index contributed by atoms with van der Waals surface area (Å²) in [4.78, 5) is 29.5. The van der Waals surface area contributed by atoms with Crippen molar-refractivity contribution in [2.24, 2.45) is 0 Å². The molecule has 5 rings (SSSR count). The van der Waals surface area contributed by atoms with Gasteiger partial charge in [0.25, 0.3) is 11.8 Å². The van der Waals surface area contributed by atoms with Crippen molar-refractivity contribution in [2.75, 3.05) is 31.0 Å². The molecule has 0 bridgehead atoms. The Hall–Kier alpha value is -5.36. The van der Waals surface area contributed by atoms with Crippen molar-refractivity contribution in [3.63, 3.8) is 0 Å². The largest absolute Gasteiger partial charge is 0.497 e. The summed E-state index contributed by atoms with van der Waals surface area (Å²) < 4.78 is 55.4. The zero-order chi connectivity index (χ0) is 32.8. The topological polar surface area (TPSA) is 80.3 Å². The number of halogens is 3. The van der Waals surface area contributed by atoms with Crippen LogP contribution in [0.15, 0.2) is 103 Å². The lowest BCUT2D eigenvalue weighted by Gasteiger charge is -2.21. The zero-order valence-corrected chi connectivity index (χ0v) is 25.5. The molecule has 0 radical (unpaired) electrons. The molecule has 0 atom stereocenters. The minimum absolute atomic E-state index is 0.0146. The molecule has 1 aliphatic rings. The van der Waals surface area contributed by atoms with E-state index in [1.165, 1.54) is 24.1 Å². The molecule has 1 heterocycles. The van der Waals surface area contributed by atoms with E-state index in [1.54, 1.807) is 60.6 Å². The van der Waals surface area contributed by atoms with Gasteiger partial charge in [0.15, 0.2) is 23.2 Å². The summed E-state index contributed by atoms with van der Waals surface area (Å²) in [5, 5.41) is 2.71. The summed E-state index contributed by atoms with van der Waals surface area (Å²) in [5.74, 6) is 0.179. The van der Waals surface area contributed by atoms with E-state index in [4.69, 9.17) is 26.4 Å². The SMILES string of the molecule is COc1ccc(N2C(=S)N(Cc3ccccc3)C(=O)C2=Cc2ccc(OCC(=O)Nc3cccc(C(F)(F)F)c3)c(OC)c2)cc1. The lowest BCUT2D eigenvalue weighted by atomic mass is 10.1. The van der Waals surface area contributed by atoms with E-state index in [9.17, 15) is 22.8 Å². The van der Waals surface area contributed by atoms with Crippen LogP contribution in [0.5, 0.6) is 17.2 Å². The van der Waals surface area contributed by atoms with Gasteiger partial charge in [-0.25, -0.2) is 0 Å². The maximum absolute atomic E-state index is 13.8. The number of benzene rings is 4. The molecule has 1 aliphatic heterocycles. The van der Waals surface area contributed by atoms with E-state index >= 15 is 0 Å². The van der Waals surface area contributed by atoms with E-state index in [-0.39, 0.29) is 29.6 Å². The summed E-state index contributed by atoms with van der Waals surface area (Å²) in [6.45, 7) is -0.208. The first-order chi connectivity index (χ1) is 22.1. The first kappa shape index (κ1) is 32.0. The molecule has 4 aromatic carbocycles. The minimum atomic E-state index is -4.54. The van der Waals surface area contributed by atoms with Crippen molar-refractivity contribution >= 4 is 46.6 Å². The molecule has 236 valence electrons. The number of alkyl halides is 3. The van der Waals surface area contributed by atoms with E-state index < -0.39 is 24.3 Å². The van der Waals surface area contributed by atoms with Gasteiger partial charge in [-0.1, -0.05) is 42.5 Å². The van der Waals surface area contributed by atoms with Crippen LogP contribution >= 0.6 is 12.2 Å². The van der Waals surface area contributed by atoms with Crippen molar-refractivity contribution < 1.29 is 37.0 Å². The first-order valence-electron chi connectivity index (χ1n) is 13.9. The van der Waals surface area contributed by atoms with Gasteiger partial charge in [0.2, 0.25) is 0 Å². The van der Waals surface area contributed by atoms with Crippen molar-refractivity contribution in [1.82, 2.24) is 4.90 Å². The minimum Gasteiger partial charge on any atom is -0.497 e. The summed E-state index contributed by atoms with van der Waals surface area (Å²) in [6, 6.07) is 25.9. The van der Waals surface area contributed by atoms with Gasteiger partial charge in [-0.3, -0.25) is 19.4 Å². The molecule has 0 aromatic heterocycles. The molecule has 0 spiro atoms. The van der Waals surface area contributed by atoms with Crippen molar-refractivity contribution in [3.8, 4) is 17.2 Å². The Morgan fingerprint density at radius 2 is 1.63 bits per heavy atom. The number of nitrogens with zero attached hydrogens (tertiary/aromatic N) is 2. The second kappa shape index (κ2) is 13.7. The third kappa shape index (κ3) is 7.29. The fraction of sp³-hybridized carbons (Fsp3) is 0.147. The molecule has 8 nitrogen and oxygen atoms in total. The van der Waals surface area contributed by atoms with E-state index in [0.717, 1.165) is 17.7 Å². The van der Waals surface area contributed by atoms with Crippen LogP contribution in [0.1, 0.15) is 16.7 Å². The molecular formula is C34H28F3N3O5S. The number of hydrogen-bond donors (Lipinski definition) is 1. The number of amides is 2. The number of nitrogens with one attached hydrogen (secondary N) is 1. The Bertz CT molecular complexity index is 1780. The Labute approximate surface area is 268 Å². The molecule has 0 saturated carbocycles. The third-order valence-electron chi connectivity index (χ3n) is 6.96. The number of ether oxygens (including phenoxy) is 3. The molecule has 4 aromatic rings. The van der Waals surface area contributed by atoms with Gasteiger partial charge in [0.05, 0.1) is 26.3 Å². The van der Waals surface area contributed by atoms with Crippen LogP contribution in [0, 0.1) is 0 Å². The van der Waals surface area contributed by atoms with Crippen molar-refractivity contribution in [2.45, 2.75) is 12.7 Å². The maximum Gasteiger partial charge on any atom is 0.416 e. The highest BCUT2D eigenvalue weighted by Gasteiger charge is 2.39. The molecule has 1 saturated heterocycles. The van der Waals surface area contributed by atoms with E-state index in [0.29, 0.717) is 27.8 Å². The number of anilines is 2. The van der Waals surface area contributed by atoms with Gasteiger partial charge >= 0.3 is 6.18 Å². The van der Waals surface area contributed by atoms with Gasteiger partial charge < -0.3 is 19.5 Å². The molecule has 12 heteroatoms. The fourth-order valence-corrected chi connectivity index (χ4v) is 5.07. The summed E-state index contributed by atoms with van der Waals surface area (Å²) in [5.41, 5.74) is 1.58. The Balaban J connectivity index is 1.37. The molecule has 0 unspecified atom stereocenters. The zero-order valence-electron chi connectivity index (χ0n) is 24.7. The summed E-state index contributed by atoms with van der Waals surface area (Å²) >= 11 is 5.80. The van der Waals surface area contributed by atoms with E-state index in [2.05, 4.69) is 5.32 Å². The number of rotatable bonds is 10. The number of carbonyl (C=O) groups excluding carboxylic acids is 2. The van der Waals surface area contributed by atoms with Crippen LogP contribution in [0.4, 0.5) is 24.5 Å². The molecule has 2 amide bonds. The second-order valence-corrected chi connectivity index (χ2v) is 10.4. The average molecular weight is 648 g/mol. The Morgan fingerprint density at radius 1 is 0.891 bits per heavy atom. The fourth-order valence-electron chi connectivity index (χ4n) is 4.72. The van der Waals surface area contributed by atoms with Gasteiger partial charge in [0, 0.05) is 11.4 Å². The van der Waals surface area contributed by atoms with Crippen LogP contribution in [0.3, 0.4) is 0 Å². The molecule has 46 heavy (non-hydrogen) atoms. The lowest BCUT2D eigenvalue weighted by Crippen LogP contribution is -2.32. The van der Waals surface area contributed by atoms with Crippen LogP contribution < -0.4 is 24.4 Å². The standard InChI is InChI=1S/C34H28F3N3O5S/c1-43-27-14-12-26(13-15-27)40-28(32(42)39(33(40)46)20-22-7-4-3-5-8-22)17-23-11-16-29(30(18-23)44-2)45-21-31(41)38-25-10-6-9-24(19-25)34(35,36)37/h3-19H,20-21H2,1-2H3,(H,38,41). The van der Waals surface area contributed by atoms with Crippen molar-refractivity contribution in [1.29, 1.82) is 0 Å². The highest BCUT2D eigenvalue weighted by Crippen LogP contribution is 2.35. The van der Waals surface area contributed by atoms with Crippen molar-refractivity contribution in [3.05, 3.63) is 119 Å². The predicted octanol–water partition coefficient (Wildman–Crippen LogP) is 6.91. The number of carbonyl (C=O) groups is 2.